The van der Waals surface area contributed by atoms with Gasteiger partial charge in [0.1, 0.15) is 5.69 Å². The lowest BCUT2D eigenvalue weighted by molar-refractivity contribution is 0.0311. The van der Waals surface area contributed by atoms with Gasteiger partial charge in [-0.05, 0) is 33.0 Å². The molecule has 116 valence electrons. The van der Waals surface area contributed by atoms with E-state index in [2.05, 4.69) is 4.90 Å². The fraction of sp³-hybridized carbons (Fsp3) is 0.500. The van der Waals surface area contributed by atoms with Crippen molar-refractivity contribution < 1.29 is 13.6 Å². The molecule has 2 rings (SSSR count). The number of hydrazine groups is 1. The molecule has 0 saturated carbocycles. The van der Waals surface area contributed by atoms with Crippen LogP contribution in [0.2, 0.25) is 0 Å². The van der Waals surface area contributed by atoms with Gasteiger partial charge >= 0.3 is 0 Å². The maximum atomic E-state index is 13.7. The monoisotopic (exact) mass is 298 g/mol. The van der Waals surface area contributed by atoms with E-state index in [1.807, 2.05) is 26.3 Å². The van der Waals surface area contributed by atoms with Gasteiger partial charge in [0.2, 0.25) is 0 Å². The molecule has 0 aromatic heterocycles. The predicted molar refractivity (Wildman–Crippen MR) is 76.8 cm³/mol. The van der Waals surface area contributed by atoms with E-state index in [9.17, 15) is 13.6 Å². The van der Waals surface area contributed by atoms with E-state index in [0.717, 1.165) is 12.1 Å². The van der Waals surface area contributed by atoms with Crippen molar-refractivity contribution in [2.45, 2.75) is 19.4 Å². The number of carbonyl (C=O) groups is 1. The summed E-state index contributed by atoms with van der Waals surface area (Å²) >= 11 is 0. The molecule has 0 atom stereocenters. The number of carbonyl (C=O) groups excluding carboxylic acids is 1. The molecule has 1 amide bonds. The Labute approximate surface area is 122 Å². The van der Waals surface area contributed by atoms with E-state index in [0.29, 0.717) is 19.6 Å². The summed E-state index contributed by atoms with van der Waals surface area (Å²) in [5, 5.41) is 0. The Morgan fingerprint density at radius 2 is 1.86 bits per heavy atom. The lowest BCUT2D eigenvalue weighted by Crippen LogP contribution is -2.58. The summed E-state index contributed by atoms with van der Waals surface area (Å²) in [4.78, 5) is 16.2. The van der Waals surface area contributed by atoms with Crippen LogP contribution in [-0.4, -0.2) is 47.9 Å². The summed E-state index contributed by atoms with van der Waals surface area (Å²) in [7, 11) is 1.99. The van der Waals surface area contributed by atoms with Gasteiger partial charge in [0, 0.05) is 30.7 Å². The molecule has 0 spiro atoms. The molecule has 1 saturated heterocycles. The van der Waals surface area contributed by atoms with Crippen LogP contribution in [0.15, 0.2) is 12.1 Å². The van der Waals surface area contributed by atoms with Gasteiger partial charge in [0.25, 0.3) is 5.91 Å². The Morgan fingerprint density at radius 3 is 2.33 bits per heavy atom. The van der Waals surface area contributed by atoms with Gasteiger partial charge in [-0.2, -0.15) is 0 Å². The Morgan fingerprint density at radius 1 is 1.29 bits per heavy atom. The second-order valence-corrected chi connectivity index (χ2v) is 5.92. The van der Waals surface area contributed by atoms with Gasteiger partial charge in [-0.3, -0.25) is 15.5 Å². The maximum Gasteiger partial charge on any atom is 0.254 e. The highest BCUT2D eigenvalue weighted by Crippen LogP contribution is 2.23. The largest absolute Gasteiger partial charge is 0.336 e. The van der Waals surface area contributed by atoms with E-state index >= 15 is 0 Å². The summed E-state index contributed by atoms with van der Waals surface area (Å²) in [6.07, 6.45) is 0. The van der Waals surface area contributed by atoms with Gasteiger partial charge in [0.15, 0.2) is 11.6 Å². The van der Waals surface area contributed by atoms with Crippen LogP contribution in [0, 0.1) is 11.6 Å². The zero-order valence-corrected chi connectivity index (χ0v) is 12.4. The first kappa shape index (κ1) is 15.7. The number of nitrogens with zero attached hydrogens (tertiary/aromatic N) is 2. The number of benzene rings is 1. The first-order valence-corrected chi connectivity index (χ1v) is 6.72. The molecule has 1 aliphatic rings. The molecule has 0 radical (unpaired) electrons. The average molecular weight is 298 g/mol. The van der Waals surface area contributed by atoms with E-state index in [4.69, 9.17) is 5.84 Å². The van der Waals surface area contributed by atoms with Crippen molar-refractivity contribution in [3.63, 3.8) is 0 Å². The molecule has 3 N–H and O–H groups in total. The normalized spacial score (nSPS) is 18.7. The first-order valence-electron chi connectivity index (χ1n) is 6.72. The van der Waals surface area contributed by atoms with Crippen LogP contribution in [-0.2, 0) is 0 Å². The number of anilines is 1. The van der Waals surface area contributed by atoms with Crippen molar-refractivity contribution in [1.29, 1.82) is 0 Å². The quantitative estimate of drug-likeness (QED) is 0.640. The predicted octanol–water partition coefficient (Wildman–Crippen LogP) is 1.42. The number of halogens is 2. The second-order valence-electron chi connectivity index (χ2n) is 5.92. The minimum atomic E-state index is -0.880. The zero-order chi connectivity index (χ0) is 15.8. The van der Waals surface area contributed by atoms with Gasteiger partial charge in [-0.15, -0.1) is 0 Å². The van der Waals surface area contributed by atoms with Gasteiger partial charge in [-0.1, -0.05) is 0 Å². The number of nitrogens with one attached hydrogen (secondary N) is 1. The third-order valence-corrected chi connectivity index (χ3v) is 4.04. The van der Waals surface area contributed by atoms with Crippen molar-refractivity contribution in [3.8, 4) is 0 Å². The Bertz CT molecular complexity index is 539. The molecule has 1 aromatic carbocycles. The standard InChI is InChI=1S/C14H20F2N4O/c1-14(2)8-20(5-4-19(14)3)13(21)9-6-10(15)12(18-17)11(16)7-9/h6-7,18H,4-5,8,17H2,1-3H3. The number of nitrogens with two attached hydrogens (primary N) is 1. The molecular formula is C14H20F2N4O. The highest BCUT2D eigenvalue weighted by molar-refractivity contribution is 5.94. The first-order chi connectivity index (χ1) is 9.76. The van der Waals surface area contributed by atoms with Crippen LogP contribution in [0.1, 0.15) is 24.2 Å². The minimum absolute atomic E-state index is 0.00986. The average Bonchev–Trinajstić information content (AvgIpc) is 2.40. The molecule has 1 heterocycles. The number of likely N-dealkylation sites (N-methyl/N-ethyl adjacent to an activating group) is 1. The molecule has 0 aliphatic carbocycles. The van der Waals surface area contributed by atoms with E-state index in [1.165, 1.54) is 0 Å². The topological polar surface area (TPSA) is 61.6 Å². The van der Waals surface area contributed by atoms with Crippen LogP contribution in [0.5, 0.6) is 0 Å². The zero-order valence-electron chi connectivity index (χ0n) is 12.4. The molecule has 0 unspecified atom stereocenters. The number of piperazine rings is 1. The minimum Gasteiger partial charge on any atom is -0.336 e. The third-order valence-electron chi connectivity index (χ3n) is 4.04. The maximum absolute atomic E-state index is 13.7. The van der Waals surface area contributed by atoms with E-state index < -0.39 is 17.3 Å². The summed E-state index contributed by atoms with van der Waals surface area (Å²) in [6.45, 7) is 5.79. The molecular weight excluding hydrogens is 278 g/mol. The van der Waals surface area contributed by atoms with Crippen LogP contribution in [0.25, 0.3) is 0 Å². The summed E-state index contributed by atoms with van der Waals surface area (Å²) in [5.74, 6) is 2.90. The summed E-state index contributed by atoms with van der Waals surface area (Å²) in [5.41, 5.74) is 1.32. The molecule has 21 heavy (non-hydrogen) atoms. The summed E-state index contributed by atoms with van der Waals surface area (Å²) in [6, 6.07) is 2.01. The van der Waals surface area contributed by atoms with Gasteiger partial charge in [0.05, 0.1) is 0 Å². The summed E-state index contributed by atoms with van der Waals surface area (Å²) < 4.78 is 27.4. The molecule has 7 heteroatoms. The van der Waals surface area contributed by atoms with Crippen molar-refractivity contribution >= 4 is 11.6 Å². The van der Waals surface area contributed by atoms with Gasteiger partial charge < -0.3 is 10.3 Å². The van der Waals surface area contributed by atoms with Crippen LogP contribution >= 0.6 is 0 Å². The molecule has 0 bridgehead atoms. The smallest absolute Gasteiger partial charge is 0.254 e. The third kappa shape index (κ3) is 2.98. The fourth-order valence-corrected chi connectivity index (χ4v) is 2.43. The Kier molecular flexibility index (Phi) is 4.15. The SMILES string of the molecule is CN1CCN(C(=O)c2cc(F)c(NN)c(F)c2)CC1(C)C. The van der Waals surface area contributed by atoms with Crippen molar-refractivity contribution in [3.05, 3.63) is 29.3 Å². The highest BCUT2D eigenvalue weighted by atomic mass is 19.1. The lowest BCUT2D eigenvalue weighted by atomic mass is 9.99. The number of nitrogen functional groups attached to an aromatic ring is 1. The highest BCUT2D eigenvalue weighted by Gasteiger charge is 2.33. The second kappa shape index (κ2) is 5.57. The van der Waals surface area contributed by atoms with Crippen molar-refractivity contribution in [2.75, 3.05) is 32.1 Å². The van der Waals surface area contributed by atoms with Crippen LogP contribution in [0.3, 0.4) is 0 Å². The lowest BCUT2D eigenvalue weighted by Gasteiger charge is -2.45. The number of hydrogen-bond donors (Lipinski definition) is 2. The van der Waals surface area contributed by atoms with Gasteiger partial charge in [-0.25, -0.2) is 8.78 Å². The van der Waals surface area contributed by atoms with Crippen LogP contribution in [0.4, 0.5) is 14.5 Å². The van der Waals surface area contributed by atoms with E-state index in [1.54, 1.807) is 4.90 Å². The number of amides is 1. The van der Waals surface area contributed by atoms with Crippen LogP contribution < -0.4 is 11.3 Å². The van der Waals surface area contributed by atoms with Crippen molar-refractivity contribution in [2.24, 2.45) is 5.84 Å². The number of rotatable bonds is 2. The fourth-order valence-electron chi connectivity index (χ4n) is 2.43. The molecule has 1 aliphatic heterocycles. The molecule has 1 fully saturated rings. The Balaban J connectivity index is 2.25. The van der Waals surface area contributed by atoms with E-state index in [-0.39, 0.29) is 17.0 Å². The van der Waals surface area contributed by atoms with Crippen molar-refractivity contribution in [1.82, 2.24) is 9.80 Å². The molecule has 1 aromatic rings. The Hall–Kier alpha value is -1.73. The number of hydrogen-bond acceptors (Lipinski definition) is 4. The molecule has 5 nitrogen and oxygen atoms in total.